The summed E-state index contributed by atoms with van der Waals surface area (Å²) in [5.41, 5.74) is 0. The van der Waals surface area contributed by atoms with Crippen LogP contribution in [0.5, 0.6) is 0 Å². The number of hydrogen-bond acceptors (Lipinski definition) is 4. The minimum absolute atomic E-state index is 0. The van der Waals surface area contributed by atoms with Gasteiger partial charge >= 0.3 is 5.97 Å². The fourth-order valence-corrected chi connectivity index (χ4v) is 3.75. The van der Waals surface area contributed by atoms with Crippen molar-refractivity contribution in [3.8, 4) is 0 Å². The summed E-state index contributed by atoms with van der Waals surface area (Å²) in [6.45, 7) is 3.51. The van der Waals surface area contributed by atoms with Crippen LogP contribution in [-0.4, -0.2) is 72.5 Å². The van der Waals surface area contributed by atoms with Gasteiger partial charge in [0.05, 0.1) is 12.3 Å². The number of carboxylic acid groups (broad SMARTS) is 1. The van der Waals surface area contributed by atoms with E-state index in [4.69, 9.17) is 5.11 Å². The zero-order valence-corrected chi connectivity index (χ0v) is 16.4. The number of nitrogens with one attached hydrogen (secondary N) is 1. The summed E-state index contributed by atoms with van der Waals surface area (Å²) in [7, 11) is 1.64. The molecule has 2 saturated heterocycles. The number of likely N-dealkylation sites (tertiary alicyclic amines) is 1. The van der Waals surface area contributed by atoms with Gasteiger partial charge < -0.3 is 20.2 Å². The van der Waals surface area contributed by atoms with Crippen LogP contribution >= 0.6 is 12.4 Å². The lowest BCUT2D eigenvalue weighted by Gasteiger charge is -2.34. The minimum atomic E-state index is -0.905. The first kappa shape index (κ1) is 22.7. The summed E-state index contributed by atoms with van der Waals surface area (Å²) < 4.78 is 0. The molecule has 2 heterocycles. The van der Waals surface area contributed by atoms with Gasteiger partial charge in [-0.1, -0.05) is 0 Å². The van der Waals surface area contributed by atoms with Crippen LogP contribution in [0.4, 0.5) is 0 Å². The van der Waals surface area contributed by atoms with E-state index in [0.29, 0.717) is 18.9 Å². The maximum absolute atomic E-state index is 12.5. The van der Waals surface area contributed by atoms with Gasteiger partial charge in [-0.05, 0) is 51.1 Å². The molecule has 1 unspecified atom stereocenters. The van der Waals surface area contributed by atoms with Gasteiger partial charge in [0.25, 0.3) is 0 Å². The van der Waals surface area contributed by atoms with E-state index in [2.05, 4.69) is 5.32 Å². The van der Waals surface area contributed by atoms with E-state index in [1.165, 1.54) is 4.90 Å². The van der Waals surface area contributed by atoms with Gasteiger partial charge in [0.1, 0.15) is 0 Å². The zero-order valence-electron chi connectivity index (χ0n) is 15.6. The average Bonchev–Trinajstić information content (AvgIpc) is 2.64. The van der Waals surface area contributed by atoms with Gasteiger partial charge in [-0.2, -0.15) is 0 Å². The van der Waals surface area contributed by atoms with Crippen LogP contribution in [0.1, 0.15) is 44.9 Å². The van der Waals surface area contributed by atoms with E-state index < -0.39 is 5.97 Å². The smallest absolute Gasteiger partial charge is 0.305 e. The molecule has 0 aromatic heterocycles. The Balaban J connectivity index is 0.00000338. The molecule has 1 atom stereocenters. The third-order valence-electron chi connectivity index (χ3n) is 5.39. The highest BCUT2D eigenvalue weighted by Crippen LogP contribution is 2.22. The van der Waals surface area contributed by atoms with Crippen molar-refractivity contribution in [2.24, 2.45) is 11.8 Å². The second-order valence-electron chi connectivity index (χ2n) is 7.31. The van der Waals surface area contributed by atoms with E-state index in [0.717, 1.165) is 51.7 Å². The van der Waals surface area contributed by atoms with Crippen LogP contribution in [0.25, 0.3) is 0 Å². The van der Waals surface area contributed by atoms with Crippen LogP contribution in [-0.2, 0) is 14.4 Å². The highest BCUT2D eigenvalue weighted by atomic mass is 35.5. The van der Waals surface area contributed by atoms with Gasteiger partial charge in [-0.25, -0.2) is 0 Å². The van der Waals surface area contributed by atoms with Crippen LogP contribution in [0.3, 0.4) is 0 Å². The molecule has 2 amide bonds. The molecule has 0 aromatic rings. The molecule has 26 heavy (non-hydrogen) atoms. The Bertz CT molecular complexity index is 483. The normalized spacial score (nSPS) is 21.0. The monoisotopic (exact) mass is 389 g/mol. The van der Waals surface area contributed by atoms with Gasteiger partial charge in [0.2, 0.25) is 11.8 Å². The molecule has 2 aliphatic rings. The Morgan fingerprint density at radius 2 is 1.85 bits per heavy atom. The van der Waals surface area contributed by atoms with Crippen molar-refractivity contribution in [3.63, 3.8) is 0 Å². The predicted octanol–water partition coefficient (Wildman–Crippen LogP) is 1.36. The number of amides is 2. The summed E-state index contributed by atoms with van der Waals surface area (Å²) in [5.74, 6) is -0.357. The summed E-state index contributed by atoms with van der Waals surface area (Å²) in [5, 5.41) is 12.1. The Hall–Kier alpha value is -1.34. The topological polar surface area (TPSA) is 90.0 Å². The molecule has 0 aromatic carbocycles. The highest BCUT2D eigenvalue weighted by molar-refractivity contribution is 5.85. The van der Waals surface area contributed by atoms with Gasteiger partial charge in [0.15, 0.2) is 0 Å². The lowest BCUT2D eigenvalue weighted by Crippen LogP contribution is -2.46. The van der Waals surface area contributed by atoms with Crippen molar-refractivity contribution in [2.45, 2.75) is 44.9 Å². The molecule has 0 saturated carbocycles. The quantitative estimate of drug-likeness (QED) is 0.686. The number of carbonyl (C=O) groups excluding carboxylic acids is 2. The molecule has 7 nitrogen and oxygen atoms in total. The number of nitrogens with zero attached hydrogens (tertiary/aromatic N) is 2. The number of piperidine rings is 2. The first-order chi connectivity index (χ1) is 12.0. The van der Waals surface area contributed by atoms with Crippen LogP contribution in [0, 0.1) is 11.8 Å². The Kier molecular flexibility index (Phi) is 9.94. The summed E-state index contributed by atoms with van der Waals surface area (Å²) in [6, 6.07) is 0. The molecule has 150 valence electrons. The molecule has 2 aliphatic heterocycles. The van der Waals surface area contributed by atoms with Gasteiger partial charge in [0, 0.05) is 33.1 Å². The van der Waals surface area contributed by atoms with E-state index in [1.54, 1.807) is 7.05 Å². The summed E-state index contributed by atoms with van der Waals surface area (Å²) >= 11 is 0. The first-order valence-corrected chi connectivity index (χ1v) is 9.42. The first-order valence-electron chi connectivity index (χ1n) is 9.42. The minimum Gasteiger partial charge on any atom is -0.481 e. The maximum Gasteiger partial charge on any atom is 0.305 e. The van der Waals surface area contributed by atoms with Crippen LogP contribution < -0.4 is 5.32 Å². The standard InChI is InChI=1S/C18H31N3O4.ClH/c1-20(12-8-17(23)24)18(25)15-3-2-11-21(13-15)16(22)5-4-14-6-9-19-10-7-14;/h14-15,19H,2-13H2,1H3,(H,23,24);1H. The second kappa shape index (κ2) is 11.4. The maximum atomic E-state index is 12.5. The SMILES string of the molecule is CN(CCC(=O)O)C(=O)C1CCCN(C(=O)CCC2CCNCC2)C1.Cl. The molecule has 0 spiro atoms. The lowest BCUT2D eigenvalue weighted by atomic mass is 9.92. The number of aliphatic carboxylic acids is 1. The average molecular weight is 390 g/mol. The third-order valence-corrected chi connectivity index (χ3v) is 5.39. The molecule has 0 bridgehead atoms. The van der Waals surface area contributed by atoms with Crippen molar-refractivity contribution in [3.05, 3.63) is 0 Å². The van der Waals surface area contributed by atoms with Gasteiger partial charge in [-0.15, -0.1) is 12.4 Å². The number of halogens is 1. The largest absolute Gasteiger partial charge is 0.481 e. The molecule has 2 N–H and O–H groups in total. The van der Waals surface area contributed by atoms with Gasteiger partial charge in [-0.3, -0.25) is 14.4 Å². The van der Waals surface area contributed by atoms with Crippen LogP contribution in [0.2, 0.25) is 0 Å². The number of carboxylic acids is 1. The third kappa shape index (κ3) is 7.11. The molecule has 0 aliphatic carbocycles. The van der Waals surface area contributed by atoms with Crippen molar-refractivity contribution >= 4 is 30.2 Å². The van der Waals surface area contributed by atoms with E-state index in [9.17, 15) is 14.4 Å². The number of carbonyl (C=O) groups is 3. The molecular formula is C18H32ClN3O4. The number of rotatable bonds is 7. The van der Waals surface area contributed by atoms with Crippen molar-refractivity contribution in [1.82, 2.24) is 15.1 Å². The van der Waals surface area contributed by atoms with Crippen molar-refractivity contribution in [2.75, 3.05) is 39.8 Å². The van der Waals surface area contributed by atoms with E-state index >= 15 is 0 Å². The highest BCUT2D eigenvalue weighted by Gasteiger charge is 2.30. The molecule has 0 radical (unpaired) electrons. The molecular weight excluding hydrogens is 358 g/mol. The Morgan fingerprint density at radius 1 is 1.15 bits per heavy atom. The van der Waals surface area contributed by atoms with Crippen LogP contribution in [0.15, 0.2) is 0 Å². The fourth-order valence-electron chi connectivity index (χ4n) is 3.75. The Morgan fingerprint density at radius 3 is 2.50 bits per heavy atom. The lowest BCUT2D eigenvalue weighted by molar-refractivity contribution is -0.141. The van der Waals surface area contributed by atoms with E-state index in [-0.39, 0.29) is 43.1 Å². The Labute approximate surface area is 161 Å². The fraction of sp³-hybridized carbons (Fsp3) is 0.833. The molecule has 2 fully saturated rings. The zero-order chi connectivity index (χ0) is 18.2. The van der Waals surface area contributed by atoms with E-state index in [1.807, 2.05) is 4.90 Å². The molecule has 2 rings (SSSR count). The van der Waals surface area contributed by atoms with Crippen molar-refractivity contribution < 1.29 is 19.5 Å². The predicted molar refractivity (Wildman–Crippen MR) is 101 cm³/mol. The number of hydrogen-bond donors (Lipinski definition) is 2. The summed E-state index contributed by atoms with van der Waals surface area (Å²) in [6.07, 6.45) is 5.35. The summed E-state index contributed by atoms with van der Waals surface area (Å²) in [4.78, 5) is 38.9. The van der Waals surface area contributed by atoms with Crippen molar-refractivity contribution in [1.29, 1.82) is 0 Å². The molecule has 8 heteroatoms. The second-order valence-corrected chi connectivity index (χ2v) is 7.31.